The van der Waals surface area contributed by atoms with Gasteiger partial charge in [0.2, 0.25) is 5.91 Å². The number of hydrogen-bond donors (Lipinski definition) is 0. The summed E-state index contributed by atoms with van der Waals surface area (Å²) in [6.07, 6.45) is 0. The third-order valence-electron chi connectivity index (χ3n) is 2.03. The number of rotatable bonds is 2. The van der Waals surface area contributed by atoms with Crippen molar-refractivity contribution in [1.29, 1.82) is 0 Å². The van der Waals surface area contributed by atoms with Crippen LogP contribution < -0.4 is 0 Å². The minimum Gasteiger partial charge on any atom is -0.338 e. The van der Waals surface area contributed by atoms with Crippen LogP contribution in [0, 0.1) is 0 Å². The Bertz CT molecular complexity index is 256. The molecule has 1 aromatic rings. The van der Waals surface area contributed by atoms with Crippen LogP contribution >= 0.6 is 11.3 Å². The standard InChI is InChI=1S/C9H13NOS/c1-7(10(3)8(2)11)9-5-4-6-12-9/h4-7H,1-3H3. The Morgan fingerprint density at radius 1 is 1.67 bits per heavy atom. The fourth-order valence-corrected chi connectivity index (χ4v) is 1.82. The lowest BCUT2D eigenvalue weighted by Gasteiger charge is -2.22. The van der Waals surface area contributed by atoms with Crippen molar-refractivity contribution in [2.75, 3.05) is 7.05 Å². The van der Waals surface area contributed by atoms with E-state index in [4.69, 9.17) is 0 Å². The molecular weight excluding hydrogens is 170 g/mol. The molecule has 12 heavy (non-hydrogen) atoms. The van der Waals surface area contributed by atoms with E-state index in [2.05, 4.69) is 6.07 Å². The highest BCUT2D eigenvalue weighted by Crippen LogP contribution is 2.22. The highest BCUT2D eigenvalue weighted by atomic mass is 32.1. The molecule has 0 saturated heterocycles. The molecule has 0 fully saturated rings. The van der Waals surface area contributed by atoms with Crippen LogP contribution in [-0.4, -0.2) is 17.9 Å². The Morgan fingerprint density at radius 3 is 2.75 bits per heavy atom. The van der Waals surface area contributed by atoms with Gasteiger partial charge < -0.3 is 4.90 Å². The molecule has 0 N–H and O–H groups in total. The van der Waals surface area contributed by atoms with Gasteiger partial charge >= 0.3 is 0 Å². The van der Waals surface area contributed by atoms with Crippen molar-refractivity contribution in [2.45, 2.75) is 19.9 Å². The zero-order valence-electron chi connectivity index (χ0n) is 7.57. The van der Waals surface area contributed by atoms with Gasteiger partial charge in [0.25, 0.3) is 0 Å². The molecule has 0 aliphatic rings. The quantitative estimate of drug-likeness (QED) is 0.689. The Kier molecular flexibility index (Phi) is 2.87. The monoisotopic (exact) mass is 183 g/mol. The zero-order chi connectivity index (χ0) is 9.14. The van der Waals surface area contributed by atoms with Gasteiger partial charge in [0.05, 0.1) is 6.04 Å². The normalized spacial score (nSPS) is 12.6. The van der Waals surface area contributed by atoms with Crippen molar-refractivity contribution in [3.8, 4) is 0 Å². The molecule has 2 nitrogen and oxygen atoms in total. The van der Waals surface area contributed by atoms with E-state index >= 15 is 0 Å². The minimum atomic E-state index is 0.107. The summed E-state index contributed by atoms with van der Waals surface area (Å²) in [5, 5.41) is 2.03. The molecule has 0 bridgehead atoms. The van der Waals surface area contributed by atoms with Crippen LogP contribution in [0.2, 0.25) is 0 Å². The molecule has 1 atom stereocenters. The smallest absolute Gasteiger partial charge is 0.219 e. The minimum absolute atomic E-state index is 0.107. The van der Waals surface area contributed by atoms with E-state index in [1.54, 1.807) is 23.2 Å². The first-order valence-electron chi connectivity index (χ1n) is 3.89. The maximum absolute atomic E-state index is 11.0. The van der Waals surface area contributed by atoms with Crippen molar-refractivity contribution < 1.29 is 4.79 Å². The summed E-state index contributed by atoms with van der Waals surface area (Å²) in [6.45, 7) is 3.62. The lowest BCUT2D eigenvalue weighted by molar-refractivity contribution is -0.129. The molecule has 0 aliphatic heterocycles. The average molecular weight is 183 g/mol. The van der Waals surface area contributed by atoms with Gasteiger partial charge in [-0.05, 0) is 18.4 Å². The Labute approximate surface area is 76.8 Å². The van der Waals surface area contributed by atoms with Crippen LogP contribution in [0.5, 0.6) is 0 Å². The van der Waals surface area contributed by atoms with E-state index in [-0.39, 0.29) is 11.9 Å². The molecule has 3 heteroatoms. The molecule has 1 rings (SSSR count). The molecular formula is C9H13NOS. The summed E-state index contributed by atoms with van der Waals surface area (Å²) in [6, 6.07) is 4.25. The van der Waals surface area contributed by atoms with Gasteiger partial charge in [0.1, 0.15) is 0 Å². The third-order valence-corrected chi connectivity index (χ3v) is 3.08. The Morgan fingerprint density at radius 2 is 2.33 bits per heavy atom. The third kappa shape index (κ3) is 1.85. The lowest BCUT2D eigenvalue weighted by Crippen LogP contribution is -2.26. The molecule has 1 aromatic heterocycles. The number of carbonyl (C=O) groups is 1. The van der Waals surface area contributed by atoms with Crippen LogP contribution in [-0.2, 0) is 4.79 Å². The predicted octanol–water partition coefficient (Wildman–Crippen LogP) is 2.29. The lowest BCUT2D eigenvalue weighted by atomic mass is 10.2. The van der Waals surface area contributed by atoms with Gasteiger partial charge in [-0.3, -0.25) is 4.79 Å². The van der Waals surface area contributed by atoms with Crippen molar-refractivity contribution >= 4 is 17.2 Å². The maximum atomic E-state index is 11.0. The number of thiophene rings is 1. The highest BCUT2D eigenvalue weighted by molar-refractivity contribution is 7.10. The first kappa shape index (κ1) is 9.26. The highest BCUT2D eigenvalue weighted by Gasteiger charge is 2.13. The maximum Gasteiger partial charge on any atom is 0.219 e. The molecule has 0 aliphatic carbocycles. The van der Waals surface area contributed by atoms with Crippen LogP contribution in [0.25, 0.3) is 0 Å². The van der Waals surface area contributed by atoms with E-state index in [0.717, 1.165) is 0 Å². The fraction of sp³-hybridized carbons (Fsp3) is 0.444. The molecule has 1 unspecified atom stereocenters. The second-order valence-electron chi connectivity index (χ2n) is 2.82. The number of amides is 1. The molecule has 0 spiro atoms. The van der Waals surface area contributed by atoms with Crippen molar-refractivity contribution in [3.05, 3.63) is 22.4 Å². The van der Waals surface area contributed by atoms with E-state index < -0.39 is 0 Å². The van der Waals surface area contributed by atoms with Gasteiger partial charge in [-0.1, -0.05) is 6.07 Å². The zero-order valence-corrected chi connectivity index (χ0v) is 8.39. The number of hydrogen-bond acceptors (Lipinski definition) is 2. The van der Waals surface area contributed by atoms with E-state index in [1.165, 1.54) is 4.88 Å². The van der Waals surface area contributed by atoms with E-state index in [1.807, 2.05) is 25.4 Å². The van der Waals surface area contributed by atoms with Gasteiger partial charge in [-0.25, -0.2) is 0 Å². The second-order valence-corrected chi connectivity index (χ2v) is 3.80. The fourth-order valence-electron chi connectivity index (χ4n) is 0.993. The molecule has 1 heterocycles. The molecule has 1 amide bonds. The molecule has 0 saturated carbocycles. The van der Waals surface area contributed by atoms with E-state index in [9.17, 15) is 4.79 Å². The van der Waals surface area contributed by atoms with E-state index in [0.29, 0.717) is 0 Å². The second kappa shape index (κ2) is 3.72. The van der Waals surface area contributed by atoms with Crippen LogP contribution in [0.15, 0.2) is 17.5 Å². The Hall–Kier alpha value is -0.830. The predicted molar refractivity (Wildman–Crippen MR) is 51.2 cm³/mol. The first-order chi connectivity index (χ1) is 5.63. The first-order valence-corrected chi connectivity index (χ1v) is 4.77. The van der Waals surface area contributed by atoms with Gasteiger partial charge in [0, 0.05) is 18.8 Å². The summed E-state index contributed by atoms with van der Waals surface area (Å²) < 4.78 is 0. The van der Waals surface area contributed by atoms with Gasteiger partial charge in [0.15, 0.2) is 0 Å². The largest absolute Gasteiger partial charge is 0.338 e. The summed E-state index contributed by atoms with van der Waals surface area (Å²) >= 11 is 1.68. The Balaban J connectivity index is 2.71. The summed E-state index contributed by atoms with van der Waals surface area (Å²) in [7, 11) is 1.83. The van der Waals surface area contributed by atoms with Crippen LogP contribution in [0.4, 0.5) is 0 Å². The topological polar surface area (TPSA) is 20.3 Å². The van der Waals surface area contributed by atoms with Crippen LogP contribution in [0.3, 0.4) is 0 Å². The SMILES string of the molecule is CC(=O)N(C)C(C)c1cccs1. The van der Waals surface area contributed by atoms with Crippen molar-refractivity contribution in [2.24, 2.45) is 0 Å². The van der Waals surface area contributed by atoms with Gasteiger partial charge in [-0.15, -0.1) is 11.3 Å². The van der Waals surface area contributed by atoms with Gasteiger partial charge in [-0.2, -0.15) is 0 Å². The number of nitrogens with zero attached hydrogens (tertiary/aromatic N) is 1. The molecule has 66 valence electrons. The summed E-state index contributed by atoms with van der Waals surface area (Å²) in [5.74, 6) is 0.107. The van der Waals surface area contributed by atoms with Crippen molar-refractivity contribution in [1.82, 2.24) is 4.90 Å². The average Bonchev–Trinajstić information content (AvgIpc) is 2.53. The van der Waals surface area contributed by atoms with Crippen molar-refractivity contribution in [3.63, 3.8) is 0 Å². The molecule has 0 aromatic carbocycles. The number of carbonyl (C=O) groups excluding carboxylic acids is 1. The molecule has 0 radical (unpaired) electrons. The summed E-state index contributed by atoms with van der Waals surface area (Å²) in [4.78, 5) is 14.0. The van der Waals surface area contributed by atoms with Crippen LogP contribution in [0.1, 0.15) is 24.8 Å². The summed E-state index contributed by atoms with van der Waals surface area (Å²) in [5.41, 5.74) is 0.